The average molecular weight is 267 g/mol. The van der Waals surface area contributed by atoms with Crippen molar-refractivity contribution in [3.8, 4) is 0 Å². The summed E-state index contributed by atoms with van der Waals surface area (Å²) in [7, 11) is 0. The van der Waals surface area contributed by atoms with Crippen molar-refractivity contribution in [2.24, 2.45) is 5.92 Å². The second-order valence-electron chi connectivity index (χ2n) is 4.88. The van der Waals surface area contributed by atoms with Crippen LogP contribution in [0.4, 0.5) is 5.69 Å². The molecule has 1 amide bonds. The van der Waals surface area contributed by atoms with Crippen molar-refractivity contribution in [3.63, 3.8) is 0 Å². The summed E-state index contributed by atoms with van der Waals surface area (Å²) in [6.07, 6.45) is 3.41. The molecule has 98 valence electrons. The predicted octanol–water partition coefficient (Wildman–Crippen LogP) is 3.18. The van der Waals surface area contributed by atoms with Crippen LogP contribution in [0.5, 0.6) is 0 Å². The Kier molecular flexibility index (Phi) is 4.12. The van der Waals surface area contributed by atoms with Crippen molar-refractivity contribution in [1.82, 2.24) is 4.90 Å². The molecule has 3 nitrogen and oxygen atoms in total. The molecule has 0 bridgehead atoms. The molecule has 4 heteroatoms. The van der Waals surface area contributed by atoms with Crippen molar-refractivity contribution in [2.45, 2.75) is 26.2 Å². The minimum atomic E-state index is 0.0615. The Labute approximate surface area is 113 Å². The van der Waals surface area contributed by atoms with Crippen LogP contribution >= 0.6 is 11.6 Å². The third kappa shape index (κ3) is 2.78. The van der Waals surface area contributed by atoms with Gasteiger partial charge in [-0.15, -0.1) is 0 Å². The number of nitrogen functional groups attached to an aromatic ring is 1. The maximum atomic E-state index is 12.3. The molecule has 0 aliphatic carbocycles. The first kappa shape index (κ1) is 13.2. The lowest BCUT2D eigenvalue weighted by Gasteiger charge is -2.31. The zero-order valence-electron chi connectivity index (χ0n) is 10.7. The highest BCUT2D eigenvalue weighted by Gasteiger charge is 2.22. The van der Waals surface area contributed by atoms with Gasteiger partial charge in [0.1, 0.15) is 0 Å². The molecule has 2 rings (SSSR count). The van der Waals surface area contributed by atoms with Gasteiger partial charge in [0.05, 0.1) is 10.7 Å². The number of piperidine rings is 1. The van der Waals surface area contributed by atoms with Crippen LogP contribution in [-0.4, -0.2) is 23.9 Å². The van der Waals surface area contributed by atoms with E-state index in [1.54, 1.807) is 18.2 Å². The molecule has 0 spiro atoms. The molecule has 0 radical (unpaired) electrons. The molecular weight excluding hydrogens is 248 g/mol. The fraction of sp³-hybridized carbons (Fsp3) is 0.500. The van der Waals surface area contributed by atoms with Gasteiger partial charge in [-0.05, 0) is 37.0 Å². The van der Waals surface area contributed by atoms with E-state index in [0.29, 0.717) is 16.3 Å². The Morgan fingerprint density at radius 1 is 1.44 bits per heavy atom. The molecule has 18 heavy (non-hydrogen) atoms. The highest BCUT2D eigenvalue weighted by atomic mass is 35.5. The molecule has 0 aromatic heterocycles. The summed E-state index contributed by atoms with van der Waals surface area (Å²) >= 11 is 5.95. The number of hydrogen-bond donors (Lipinski definition) is 1. The summed E-state index contributed by atoms with van der Waals surface area (Å²) in [6, 6.07) is 5.09. The van der Waals surface area contributed by atoms with Crippen LogP contribution in [0.25, 0.3) is 0 Å². The number of anilines is 1. The Morgan fingerprint density at radius 2 is 2.11 bits per heavy atom. The molecule has 0 unspecified atom stereocenters. The Morgan fingerprint density at radius 3 is 2.67 bits per heavy atom. The van der Waals surface area contributed by atoms with E-state index in [9.17, 15) is 4.79 Å². The largest absolute Gasteiger partial charge is 0.398 e. The van der Waals surface area contributed by atoms with Gasteiger partial charge in [0.2, 0.25) is 0 Å². The molecule has 1 heterocycles. The van der Waals surface area contributed by atoms with Crippen LogP contribution in [-0.2, 0) is 0 Å². The fourth-order valence-electron chi connectivity index (χ4n) is 2.39. The van der Waals surface area contributed by atoms with E-state index in [2.05, 4.69) is 6.92 Å². The number of hydrogen-bond acceptors (Lipinski definition) is 2. The third-order valence-corrected chi connectivity index (χ3v) is 4.05. The van der Waals surface area contributed by atoms with Crippen molar-refractivity contribution in [3.05, 3.63) is 28.8 Å². The first-order valence-corrected chi connectivity index (χ1v) is 6.84. The first-order chi connectivity index (χ1) is 8.61. The van der Waals surface area contributed by atoms with Gasteiger partial charge in [-0.25, -0.2) is 0 Å². The Bertz CT molecular complexity index is 439. The van der Waals surface area contributed by atoms with Crippen LogP contribution in [0.15, 0.2) is 18.2 Å². The number of halogens is 1. The molecule has 1 aromatic rings. The van der Waals surface area contributed by atoms with Crippen LogP contribution in [0.2, 0.25) is 5.02 Å². The Balaban J connectivity index is 2.05. The molecular formula is C14H19ClN2O. The minimum absolute atomic E-state index is 0.0615. The highest BCUT2D eigenvalue weighted by molar-refractivity contribution is 6.33. The molecule has 2 N–H and O–H groups in total. The van der Waals surface area contributed by atoms with E-state index in [1.807, 2.05) is 4.90 Å². The Hall–Kier alpha value is -1.22. The maximum absolute atomic E-state index is 12.3. The smallest absolute Gasteiger partial charge is 0.253 e. The summed E-state index contributed by atoms with van der Waals surface area (Å²) < 4.78 is 0. The van der Waals surface area contributed by atoms with Gasteiger partial charge in [-0.2, -0.15) is 0 Å². The second-order valence-corrected chi connectivity index (χ2v) is 5.29. The monoisotopic (exact) mass is 266 g/mol. The van der Waals surface area contributed by atoms with Crippen molar-refractivity contribution in [1.29, 1.82) is 0 Å². The molecule has 0 saturated carbocycles. The summed E-state index contributed by atoms with van der Waals surface area (Å²) in [5.41, 5.74) is 6.79. The molecule has 0 atom stereocenters. The molecule has 1 fully saturated rings. The maximum Gasteiger partial charge on any atom is 0.253 e. The number of carbonyl (C=O) groups excluding carboxylic acids is 1. The van der Waals surface area contributed by atoms with Crippen LogP contribution < -0.4 is 5.73 Å². The van der Waals surface area contributed by atoms with Gasteiger partial charge < -0.3 is 10.6 Å². The number of nitrogens with two attached hydrogens (primary N) is 1. The van der Waals surface area contributed by atoms with E-state index in [-0.39, 0.29) is 5.91 Å². The minimum Gasteiger partial charge on any atom is -0.398 e. The topological polar surface area (TPSA) is 46.3 Å². The predicted molar refractivity (Wildman–Crippen MR) is 74.8 cm³/mol. The van der Waals surface area contributed by atoms with E-state index in [4.69, 9.17) is 17.3 Å². The molecule has 1 aliphatic rings. The van der Waals surface area contributed by atoms with E-state index < -0.39 is 0 Å². The van der Waals surface area contributed by atoms with Crippen LogP contribution in [0, 0.1) is 5.92 Å². The summed E-state index contributed by atoms with van der Waals surface area (Å²) in [5.74, 6) is 0.829. The standard InChI is InChI=1S/C14H19ClN2O/c1-2-10-5-7-17(8-6-10)14(18)11-3-4-13(16)12(15)9-11/h3-4,9-10H,2,5-8,16H2,1H3. The number of nitrogens with zero attached hydrogens (tertiary/aromatic N) is 1. The zero-order chi connectivity index (χ0) is 13.1. The average Bonchev–Trinajstić information content (AvgIpc) is 2.41. The third-order valence-electron chi connectivity index (χ3n) is 3.73. The van der Waals surface area contributed by atoms with Gasteiger partial charge in [-0.3, -0.25) is 4.79 Å². The van der Waals surface area contributed by atoms with E-state index in [1.165, 1.54) is 6.42 Å². The van der Waals surface area contributed by atoms with Gasteiger partial charge in [0.25, 0.3) is 5.91 Å². The van der Waals surface area contributed by atoms with Crippen molar-refractivity contribution < 1.29 is 4.79 Å². The van der Waals surface area contributed by atoms with Crippen LogP contribution in [0.3, 0.4) is 0 Å². The van der Waals surface area contributed by atoms with Gasteiger partial charge in [0, 0.05) is 18.7 Å². The second kappa shape index (κ2) is 5.61. The number of rotatable bonds is 2. The van der Waals surface area contributed by atoms with Gasteiger partial charge in [0.15, 0.2) is 0 Å². The van der Waals surface area contributed by atoms with Crippen molar-refractivity contribution >= 4 is 23.2 Å². The lowest BCUT2D eigenvalue weighted by atomic mass is 9.94. The molecule has 1 aliphatic heterocycles. The molecule has 1 aromatic carbocycles. The summed E-state index contributed by atoms with van der Waals surface area (Å²) in [5, 5.41) is 0.448. The summed E-state index contributed by atoms with van der Waals surface area (Å²) in [6.45, 7) is 3.90. The van der Waals surface area contributed by atoms with Gasteiger partial charge in [-0.1, -0.05) is 24.9 Å². The lowest BCUT2D eigenvalue weighted by Crippen LogP contribution is -2.38. The number of benzene rings is 1. The molecule has 1 saturated heterocycles. The quantitative estimate of drug-likeness (QED) is 0.836. The lowest BCUT2D eigenvalue weighted by molar-refractivity contribution is 0.0689. The van der Waals surface area contributed by atoms with E-state index >= 15 is 0 Å². The van der Waals surface area contributed by atoms with Gasteiger partial charge >= 0.3 is 0 Å². The SMILES string of the molecule is CCC1CCN(C(=O)c2ccc(N)c(Cl)c2)CC1. The summed E-state index contributed by atoms with van der Waals surface area (Å²) in [4.78, 5) is 14.2. The number of likely N-dealkylation sites (tertiary alicyclic amines) is 1. The van der Waals surface area contributed by atoms with Crippen LogP contribution in [0.1, 0.15) is 36.5 Å². The highest BCUT2D eigenvalue weighted by Crippen LogP contribution is 2.24. The zero-order valence-corrected chi connectivity index (χ0v) is 11.4. The van der Waals surface area contributed by atoms with Crippen molar-refractivity contribution in [2.75, 3.05) is 18.8 Å². The normalized spacial score (nSPS) is 16.9. The number of amides is 1. The number of carbonyl (C=O) groups is 1. The fourth-order valence-corrected chi connectivity index (χ4v) is 2.57. The first-order valence-electron chi connectivity index (χ1n) is 6.46. The van der Waals surface area contributed by atoms with E-state index in [0.717, 1.165) is 31.8 Å².